The van der Waals surface area contributed by atoms with Gasteiger partial charge in [0, 0.05) is 13.2 Å². The molecule has 0 amide bonds. The van der Waals surface area contributed by atoms with Gasteiger partial charge in [-0.25, -0.2) is 0 Å². The van der Waals surface area contributed by atoms with Gasteiger partial charge in [0.25, 0.3) is 0 Å². The fraction of sp³-hybridized carbons (Fsp3) is 1.00. The number of hydrogen-bond donors (Lipinski definition) is 2. The number of rotatable bonds is 12. The van der Waals surface area contributed by atoms with E-state index in [1.165, 1.54) is 18.1 Å². The van der Waals surface area contributed by atoms with Gasteiger partial charge in [0.15, 0.2) is 16.6 Å². The topological polar surface area (TPSA) is 49.7 Å². The van der Waals surface area contributed by atoms with Crippen LogP contribution >= 0.6 is 0 Å². The molecule has 5 heteroatoms. The SMILES string of the molecule is CC[Si](CC)(CC)O[Si](CC)(CCCO)CCCO. The van der Waals surface area contributed by atoms with Crippen LogP contribution < -0.4 is 0 Å². The molecular formula is C14H34O3Si2. The van der Waals surface area contributed by atoms with Gasteiger partial charge in [-0.1, -0.05) is 27.7 Å². The molecule has 0 heterocycles. The van der Waals surface area contributed by atoms with Crippen LogP contribution in [0.25, 0.3) is 0 Å². The summed E-state index contributed by atoms with van der Waals surface area (Å²) < 4.78 is 6.88. The van der Waals surface area contributed by atoms with Crippen LogP contribution in [0.2, 0.25) is 36.3 Å². The Balaban J connectivity index is 4.96. The summed E-state index contributed by atoms with van der Waals surface area (Å²) in [5.41, 5.74) is 0. The molecule has 0 fully saturated rings. The number of hydrogen-bond acceptors (Lipinski definition) is 3. The minimum atomic E-state index is -1.77. The second kappa shape index (κ2) is 10.1. The summed E-state index contributed by atoms with van der Waals surface area (Å²) in [6, 6.07) is 6.78. The number of aliphatic hydroxyl groups excluding tert-OH is 2. The summed E-state index contributed by atoms with van der Waals surface area (Å²) in [6.45, 7) is 9.57. The van der Waals surface area contributed by atoms with E-state index in [1.807, 2.05) is 0 Å². The Labute approximate surface area is 121 Å². The second-order valence-electron chi connectivity index (χ2n) is 5.54. The standard InChI is InChI=1S/C14H34O3Si2/c1-5-18(6-2,7-3)17-19(8-4,13-9-11-15)14-10-12-16/h15-16H,5-14H2,1-4H3. The van der Waals surface area contributed by atoms with Gasteiger partial charge in [-0.05, 0) is 49.1 Å². The third-order valence-electron chi connectivity index (χ3n) is 4.59. The molecule has 0 radical (unpaired) electrons. The Morgan fingerprint density at radius 3 is 1.32 bits per heavy atom. The zero-order valence-electron chi connectivity index (χ0n) is 13.4. The average Bonchev–Trinajstić information content (AvgIpc) is 2.47. The van der Waals surface area contributed by atoms with Crippen LogP contribution in [0, 0.1) is 0 Å². The van der Waals surface area contributed by atoms with E-state index in [9.17, 15) is 0 Å². The fourth-order valence-corrected chi connectivity index (χ4v) is 13.7. The van der Waals surface area contributed by atoms with E-state index in [4.69, 9.17) is 14.3 Å². The maximum atomic E-state index is 9.15. The van der Waals surface area contributed by atoms with Crippen molar-refractivity contribution in [2.24, 2.45) is 0 Å². The minimum Gasteiger partial charge on any atom is -0.455 e. The van der Waals surface area contributed by atoms with Crippen molar-refractivity contribution in [2.75, 3.05) is 13.2 Å². The first kappa shape index (κ1) is 19.3. The van der Waals surface area contributed by atoms with Gasteiger partial charge in [-0.2, -0.15) is 0 Å². The van der Waals surface area contributed by atoms with Gasteiger partial charge in [0.2, 0.25) is 0 Å². The lowest BCUT2D eigenvalue weighted by atomic mass is 10.5. The van der Waals surface area contributed by atoms with Crippen LogP contribution in [-0.2, 0) is 4.12 Å². The molecule has 0 aliphatic carbocycles. The van der Waals surface area contributed by atoms with Gasteiger partial charge in [0.05, 0.1) is 0 Å². The van der Waals surface area contributed by atoms with Crippen LogP contribution in [0.1, 0.15) is 40.5 Å². The average molecular weight is 307 g/mol. The molecule has 0 aromatic carbocycles. The highest BCUT2D eigenvalue weighted by molar-refractivity contribution is 6.87. The van der Waals surface area contributed by atoms with Gasteiger partial charge in [0.1, 0.15) is 0 Å². The van der Waals surface area contributed by atoms with E-state index in [2.05, 4.69) is 27.7 Å². The van der Waals surface area contributed by atoms with Gasteiger partial charge < -0.3 is 14.3 Å². The fourth-order valence-electron chi connectivity index (χ4n) is 2.88. The van der Waals surface area contributed by atoms with Crippen molar-refractivity contribution in [2.45, 2.75) is 76.8 Å². The minimum absolute atomic E-state index is 0.260. The first-order valence-electron chi connectivity index (χ1n) is 7.99. The molecule has 0 saturated heterocycles. The first-order valence-corrected chi connectivity index (χ1v) is 13.0. The predicted molar refractivity (Wildman–Crippen MR) is 87.5 cm³/mol. The third-order valence-corrected chi connectivity index (χ3v) is 15.7. The molecule has 0 aromatic rings. The summed E-state index contributed by atoms with van der Waals surface area (Å²) in [5, 5.41) is 18.3. The van der Waals surface area contributed by atoms with Crippen molar-refractivity contribution >= 4 is 16.6 Å². The second-order valence-corrected chi connectivity index (χ2v) is 14.9. The van der Waals surface area contributed by atoms with Crippen molar-refractivity contribution in [1.29, 1.82) is 0 Å². The molecule has 0 saturated carbocycles. The van der Waals surface area contributed by atoms with E-state index in [-0.39, 0.29) is 13.2 Å². The van der Waals surface area contributed by atoms with Crippen LogP contribution in [0.4, 0.5) is 0 Å². The van der Waals surface area contributed by atoms with Crippen LogP contribution in [0.15, 0.2) is 0 Å². The Kier molecular flexibility index (Phi) is 10.3. The summed E-state index contributed by atoms with van der Waals surface area (Å²) in [6.07, 6.45) is 1.71. The summed E-state index contributed by atoms with van der Waals surface area (Å²) in [4.78, 5) is 0. The van der Waals surface area contributed by atoms with Crippen molar-refractivity contribution in [3.05, 3.63) is 0 Å². The molecule has 19 heavy (non-hydrogen) atoms. The van der Waals surface area contributed by atoms with Gasteiger partial charge in [-0.3, -0.25) is 0 Å². The predicted octanol–water partition coefficient (Wildman–Crippen LogP) is 3.74. The lowest BCUT2D eigenvalue weighted by molar-refractivity contribution is 0.287. The van der Waals surface area contributed by atoms with E-state index >= 15 is 0 Å². The molecule has 0 spiro atoms. The molecule has 0 aliphatic rings. The van der Waals surface area contributed by atoms with Gasteiger partial charge >= 0.3 is 0 Å². The molecule has 2 N–H and O–H groups in total. The monoisotopic (exact) mass is 306 g/mol. The largest absolute Gasteiger partial charge is 0.455 e. The van der Waals surface area contributed by atoms with Crippen molar-refractivity contribution in [1.82, 2.24) is 0 Å². The molecule has 3 nitrogen and oxygen atoms in total. The highest BCUT2D eigenvalue weighted by atomic mass is 28.4. The molecule has 0 bridgehead atoms. The third kappa shape index (κ3) is 6.08. The lowest BCUT2D eigenvalue weighted by Crippen LogP contribution is -2.50. The van der Waals surface area contributed by atoms with Gasteiger partial charge in [-0.15, -0.1) is 0 Å². The quantitative estimate of drug-likeness (QED) is 0.540. The molecule has 116 valence electrons. The molecule has 0 rings (SSSR count). The smallest absolute Gasteiger partial charge is 0.179 e. The van der Waals surface area contributed by atoms with Crippen molar-refractivity contribution in [3.63, 3.8) is 0 Å². The highest BCUT2D eigenvalue weighted by Gasteiger charge is 2.40. The summed E-state index contributed by atoms with van der Waals surface area (Å²) >= 11 is 0. The Hall–Kier alpha value is 0.314. The molecule has 0 aromatic heterocycles. The Bertz CT molecular complexity index is 204. The van der Waals surface area contributed by atoms with Crippen molar-refractivity contribution in [3.8, 4) is 0 Å². The zero-order valence-corrected chi connectivity index (χ0v) is 15.4. The van der Waals surface area contributed by atoms with E-state index in [0.29, 0.717) is 0 Å². The molecular weight excluding hydrogens is 272 g/mol. The molecule has 0 atom stereocenters. The summed E-state index contributed by atoms with van der Waals surface area (Å²) in [5.74, 6) is 0. The van der Waals surface area contributed by atoms with Crippen LogP contribution in [0.3, 0.4) is 0 Å². The lowest BCUT2D eigenvalue weighted by Gasteiger charge is -2.41. The van der Waals surface area contributed by atoms with E-state index in [1.54, 1.807) is 0 Å². The summed E-state index contributed by atoms with van der Waals surface area (Å²) in [7, 11) is -3.34. The van der Waals surface area contributed by atoms with Crippen LogP contribution in [0.5, 0.6) is 0 Å². The van der Waals surface area contributed by atoms with Crippen LogP contribution in [-0.4, -0.2) is 40.1 Å². The van der Waals surface area contributed by atoms with Crippen molar-refractivity contribution < 1.29 is 14.3 Å². The maximum absolute atomic E-state index is 9.15. The maximum Gasteiger partial charge on any atom is 0.179 e. The Morgan fingerprint density at radius 1 is 0.684 bits per heavy atom. The number of aliphatic hydroxyl groups is 2. The molecule has 0 unspecified atom stereocenters. The molecule has 0 aliphatic heterocycles. The highest BCUT2D eigenvalue weighted by Crippen LogP contribution is 2.34. The first-order chi connectivity index (χ1) is 9.07. The normalized spacial score (nSPS) is 12.9. The zero-order chi connectivity index (χ0) is 14.8. The van der Waals surface area contributed by atoms with E-state index < -0.39 is 16.6 Å². The van der Waals surface area contributed by atoms with E-state index in [0.717, 1.165) is 31.0 Å². The Morgan fingerprint density at radius 2 is 1.05 bits per heavy atom.